The Bertz CT molecular complexity index is 393. The molecule has 0 bridgehead atoms. The molecule has 3 rings (SSSR count). The lowest BCUT2D eigenvalue weighted by molar-refractivity contribution is -0.103. The number of aliphatic hydroxyl groups is 1. The monoisotopic (exact) mass is 237 g/mol. The van der Waals surface area contributed by atoms with E-state index in [0.717, 1.165) is 25.3 Å². The number of rotatable bonds is 2. The Hall–Kier alpha value is -0.910. The molecule has 2 aliphatic rings. The Balaban J connectivity index is 1.68. The van der Waals surface area contributed by atoms with E-state index in [1.807, 2.05) is 13.2 Å². The Morgan fingerprint density at radius 3 is 3.24 bits per heavy atom. The predicted octanol–water partition coefficient (Wildman–Crippen LogP) is 0.317. The van der Waals surface area contributed by atoms with Gasteiger partial charge in [-0.15, -0.1) is 0 Å². The number of nitrogens with zero attached hydrogens (tertiary/aromatic N) is 3. The van der Waals surface area contributed by atoms with Crippen LogP contribution in [0.3, 0.4) is 0 Å². The molecule has 5 nitrogen and oxygen atoms in total. The largest absolute Gasteiger partial charge is 0.386 e. The van der Waals surface area contributed by atoms with Gasteiger partial charge in [-0.2, -0.15) is 5.10 Å². The Labute approximate surface area is 101 Å². The van der Waals surface area contributed by atoms with Crippen LogP contribution in [0.5, 0.6) is 0 Å². The lowest BCUT2D eigenvalue weighted by atomic mass is 10.1. The van der Waals surface area contributed by atoms with Gasteiger partial charge in [-0.05, 0) is 19.4 Å². The number of ether oxygens (including phenoxy) is 1. The Morgan fingerprint density at radius 1 is 1.59 bits per heavy atom. The Morgan fingerprint density at radius 2 is 2.47 bits per heavy atom. The molecule has 1 aromatic rings. The van der Waals surface area contributed by atoms with Crippen molar-refractivity contribution >= 4 is 0 Å². The summed E-state index contributed by atoms with van der Waals surface area (Å²) in [5.41, 5.74) is 0.843. The summed E-state index contributed by atoms with van der Waals surface area (Å²) in [5, 5.41) is 14.4. The average Bonchev–Trinajstić information content (AvgIpc) is 2.95. The second-order valence-corrected chi connectivity index (χ2v) is 5.05. The number of aryl methyl sites for hydroxylation is 1. The van der Waals surface area contributed by atoms with Gasteiger partial charge >= 0.3 is 0 Å². The molecular weight excluding hydrogens is 218 g/mol. The smallest absolute Gasteiger partial charge is 0.109 e. The second kappa shape index (κ2) is 4.40. The molecule has 2 saturated heterocycles. The van der Waals surface area contributed by atoms with Crippen LogP contribution in [0, 0.1) is 0 Å². The minimum atomic E-state index is -0.565. The molecule has 1 aromatic heterocycles. The molecule has 17 heavy (non-hydrogen) atoms. The van der Waals surface area contributed by atoms with Gasteiger partial charge in [0.2, 0.25) is 0 Å². The van der Waals surface area contributed by atoms with Crippen LogP contribution in [0.1, 0.15) is 24.5 Å². The van der Waals surface area contributed by atoms with Gasteiger partial charge in [0.05, 0.1) is 12.8 Å². The number of hydrogen-bond acceptors (Lipinski definition) is 4. The fourth-order valence-electron chi connectivity index (χ4n) is 2.84. The van der Waals surface area contributed by atoms with Gasteiger partial charge in [-0.3, -0.25) is 9.58 Å². The summed E-state index contributed by atoms with van der Waals surface area (Å²) in [6.45, 7) is 2.73. The summed E-state index contributed by atoms with van der Waals surface area (Å²) in [6.07, 6.45) is 5.37. The summed E-state index contributed by atoms with van der Waals surface area (Å²) in [4.78, 5) is 2.44. The molecule has 0 spiro atoms. The minimum Gasteiger partial charge on any atom is -0.386 e. The molecule has 2 aliphatic heterocycles. The maximum atomic E-state index is 10.3. The molecule has 5 heteroatoms. The van der Waals surface area contributed by atoms with E-state index >= 15 is 0 Å². The van der Waals surface area contributed by atoms with Gasteiger partial charge in [0, 0.05) is 31.4 Å². The summed E-state index contributed by atoms with van der Waals surface area (Å²) in [6, 6.07) is 0.576. The number of fused-ring (bicyclic) bond motifs is 1. The predicted molar refractivity (Wildman–Crippen MR) is 62.5 cm³/mol. The van der Waals surface area contributed by atoms with Crippen molar-refractivity contribution < 1.29 is 9.84 Å². The molecule has 3 unspecified atom stereocenters. The van der Waals surface area contributed by atoms with Crippen LogP contribution in [0.15, 0.2) is 12.4 Å². The van der Waals surface area contributed by atoms with Gasteiger partial charge in [-0.1, -0.05) is 0 Å². The van der Waals surface area contributed by atoms with Gasteiger partial charge in [0.25, 0.3) is 0 Å². The number of morpholine rings is 1. The van der Waals surface area contributed by atoms with Crippen molar-refractivity contribution in [3.63, 3.8) is 0 Å². The van der Waals surface area contributed by atoms with E-state index in [0.29, 0.717) is 6.04 Å². The van der Waals surface area contributed by atoms with E-state index in [1.54, 1.807) is 10.9 Å². The fourth-order valence-corrected chi connectivity index (χ4v) is 2.84. The van der Waals surface area contributed by atoms with Crippen LogP contribution in [-0.4, -0.2) is 51.6 Å². The molecular formula is C12H19N3O2. The van der Waals surface area contributed by atoms with Gasteiger partial charge in [-0.25, -0.2) is 0 Å². The van der Waals surface area contributed by atoms with Gasteiger partial charge < -0.3 is 9.84 Å². The van der Waals surface area contributed by atoms with Crippen LogP contribution in [0.25, 0.3) is 0 Å². The average molecular weight is 237 g/mol. The van der Waals surface area contributed by atoms with Crippen LogP contribution in [0.2, 0.25) is 0 Å². The summed E-state index contributed by atoms with van der Waals surface area (Å²) >= 11 is 0. The highest BCUT2D eigenvalue weighted by Gasteiger charge is 2.35. The number of aromatic nitrogens is 2. The summed E-state index contributed by atoms with van der Waals surface area (Å²) in [7, 11) is 1.86. The first-order valence-corrected chi connectivity index (χ1v) is 6.26. The molecule has 0 amide bonds. The molecule has 3 heterocycles. The summed E-state index contributed by atoms with van der Waals surface area (Å²) in [5.74, 6) is 0. The highest BCUT2D eigenvalue weighted by molar-refractivity contribution is 5.10. The zero-order chi connectivity index (χ0) is 11.8. The normalized spacial score (nSPS) is 31.4. The highest BCUT2D eigenvalue weighted by Crippen LogP contribution is 2.28. The summed E-state index contributed by atoms with van der Waals surface area (Å²) < 4.78 is 7.50. The zero-order valence-corrected chi connectivity index (χ0v) is 10.1. The van der Waals surface area contributed by atoms with Crippen molar-refractivity contribution in [3.05, 3.63) is 18.0 Å². The maximum Gasteiger partial charge on any atom is 0.109 e. The molecule has 0 saturated carbocycles. The van der Waals surface area contributed by atoms with Gasteiger partial charge in [0.15, 0.2) is 0 Å². The van der Waals surface area contributed by atoms with Crippen molar-refractivity contribution in [2.45, 2.75) is 31.1 Å². The third-order valence-electron chi connectivity index (χ3n) is 3.83. The minimum absolute atomic E-state index is 0.117. The molecule has 0 radical (unpaired) electrons. The van der Waals surface area contributed by atoms with Crippen molar-refractivity contribution in [2.75, 3.05) is 19.7 Å². The van der Waals surface area contributed by atoms with Crippen molar-refractivity contribution in [1.29, 1.82) is 0 Å². The SMILES string of the molecule is Cn1cc(C(O)C2CN3CCCC3CO2)cn1. The quantitative estimate of drug-likeness (QED) is 0.804. The number of hydrogen-bond donors (Lipinski definition) is 1. The lowest BCUT2D eigenvalue weighted by Gasteiger charge is -2.37. The van der Waals surface area contributed by atoms with Gasteiger partial charge in [0.1, 0.15) is 12.2 Å². The molecule has 0 aromatic carbocycles. The maximum absolute atomic E-state index is 10.3. The first kappa shape index (κ1) is 11.2. The molecule has 0 aliphatic carbocycles. The van der Waals surface area contributed by atoms with Crippen molar-refractivity contribution in [2.24, 2.45) is 7.05 Å². The fraction of sp³-hybridized carbons (Fsp3) is 0.750. The van der Waals surface area contributed by atoms with Crippen LogP contribution in [-0.2, 0) is 11.8 Å². The van der Waals surface area contributed by atoms with Crippen molar-refractivity contribution in [3.8, 4) is 0 Å². The van der Waals surface area contributed by atoms with E-state index < -0.39 is 6.10 Å². The van der Waals surface area contributed by atoms with Crippen molar-refractivity contribution in [1.82, 2.24) is 14.7 Å². The van der Waals surface area contributed by atoms with E-state index in [1.165, 1.54) is 12.8 Å². The molecule has 1 N–H and O–H groups in total. The van der Waals surface area contributed by atoms with E-state index in [2.05, 4.69) is 10.00 Å². The second-order valence-electron chi connectivity index (χ2n) is 5.05. The first-order valence-electron chi connectivity index (χ1n) is 6.26. The third kappa shape index (κ3) is 2.10. The first-order chi connectivity index (χ1) is 8.24. The van der Waals surface area contributed by atoms with Crippen LogP contribution in [0.4, 0.5) is 0 Å². The zero-order valence-electron chi connectivity index (χ0n) is 10.1. The lowest BCUT2D eigenvalue weighted by Crippen LogP contribution is -2.48. The Kier molecular flexibility index (Phi) is 2.90. The number of aliphatic hydroxyl groups excluding tert-OH is 1. The van der Waals surface area contributed by atoms with E-state index in [4.69, 9.17) is 4.74 Å². The van der Waals surface area contributed by atoms with Crippen LogP contribution >= 0.6 is 0 Å². The third-order valence-corrected chi connectivity index (χ3v) is 3.83. The topological polar surface area (TPSA) is 50.5 Å². The molecule has 3 atom stereocenters. The standard InChI is InChI=1S/C12H19N3O2/c1-14-6-9(5-13-14)12(16)11-7-15-4-2-3-10(15)8-17-11/h5-6,10-12,16H,2-4,7-8H2,1H3. The van der Waals surface area contributed by atoms with E-state index in [9.17, 15) is 5.11 Å². The van der Waals surface area contributed by atoms with E-state index in [-0.39, 0.29) is 6.10 Å². The molecule has 94 valence electrons. The van der Waals surface area contributed by atoms with Crippen LogP contribution < -0.4 is 0 Å². The molecule has 2 fully saturated rings. The highest BCUT2D eigenvalue weighted by atomic mass is 16.5.